The van der Waals surface area contributed by atoms with Crippen LogP contribution in [0.2, 0.25) is 0 Å². The lowest BCUT2D eigenvalue weighted by Crippen LogP contribution is -2.48. The Labute approximate surface area is 167 Å². The molecule has 0 spiro atoms. The first-order chi connectivity index (χ1) is 14.2. The summed E-state index contributed by atoms with van der Waals surface area (Å²) in [6, 6.07) is 7.85. The summed E-state index contributed by atoms with van der Waals surface area (Å²) in [5.41, 5.74) is 2.47. The highest BCUT2D eigenvalue weighted by Crippen LogP contribution is 2.23. The second-order valence-electron chi connectivity index (χ2n) is 6.94. The van der Waals surface area contributed by atoms with Crippen LogP contribution in [0.5, 0.6) is 0 Å². The molecule has 4 aromatic heterocycles. The summed E-state index contributed by atoms with van der Waals surface area (Å²) >= 11 is 0. The van der Waals surface area contributed by atoms with Crippen LogP contribution in [0.3, 0.4) is 0 Å². The number of carbonyl (C=O) groups excluding carboxylic acids is 1. The fraction of sp³-hybridized carbons (Fsp3) is 0.250. The van der Waals surface area contributed by atoms with Crippen molar-refractivity contribution in [2.45, 2.75) is 6.92 Å². The van der Waals surface area contributed by atoms with E-state index in [9.17, 15) is 4.79 Å². The maximum atomic E-state index is 11.6. The van der Waals surface area contributed by atoms with Crippen LogP contribution < -0.4 is 4.90 Å². The van der Waals surface area contributed by atoms with Crippen molar-refractivity contribution in [1.29, 1.82) is 0 Å². The lowest BCUT2D eigenvalue weighted by molar-refractivity contribution is -0.129. The van der Waals surface area contributed by atoms with Gasteiger partial charge in [-0.1, -0.05) is 6.07 Å². The molecule has 1 aliphatic heterocycles. The van der Waals surface area contributed by atoms with Gasteiger partial charge >= 0.3 is 0 Å². The number of imidazole rings is 1. The number of hydrogen-bond donors (Lipinski definition) is 0. The van der Waals surface area contributed by atoms with E-state index < -0.39 is 0 Å². The number of piperazine rings is 1. The van der Waals surface area contributed by atoms with Crippen LogP contribution >= 0.6 is 0 Å². The predicted octanol–water partition coefficient (Wildman–Crippen LogP) is 1.65. The van der Waals surface area contributed by atoms with Gasteiger partial charge < -0.3 is 9.80 Å². The SMILES string of the molecule is CC(=O)N1CCN(c2cccc(-c3cnc4cnc(-n5cccn5)cn34)n2)CC1. The van der Waals surface area contributed by atoms with Gasteiger partial charge in [-0.25, -0.2) is 19.6 Å². The van der Waals surface area contributed by atoms with Crippen LogP contribution in [-0.4, -0.2) is 66.1 Å². The van der Waals surface area contributed by atoms with E-state index in [4.69, 9.17) is 4.98 Å². The Morgan fingerprint density at radius 2 is 1.86 bits per heavy atom. The lowest BCUT2D eigenvalue weighted by atomic mass is 10.2. The third kappa shape index (κ3) is 3.20. The zero-order valence-corrected chi connectivity index (χ0v) is 16.0. The molecule has 1 saturated heterocycles. The minimum Gasteiger partial charge on any atom is -0.353 e. The summed E-state index contributed by atoms with van der Waals surface area (Å²) in [5.74, 6) is 1.74. The van der Waals surface area contributed by atoms with Crippen molar-refractivity contribution in [2.24, 2.45) is 0 Å². The highest BCUT2D eigenvalue weighted by Gasteiger charge is 2.20. The normalized spacial score (nSPS) is 14.5. The van der Waals surface area contributed by atoms with Crippen LogP contribution in [0.1, 0.15) is 6.92 Å². The summed E-state index contributed by atoms with van der Waals surface area (Å²) in [6.07, 6.45) is 9.02. The van der Waals surface area contributed by atoms with Crippen LogP contribution in [0.15, 0.2) is 55.2 Å². The van der Waals surface area contributed by atoms with Crippen LogP contribution in [0, 0.1) is 0 Å². The highest BCUT2D eigenvalue weighted by molar-refractivity contribution is 5.73. The second kappa shape index (κ2) is 7.01. The third-order valence-corrected chi connectivity index (χ3v) is 5.17. The fourth-order valence-corrected chi connectivity index (χ4v) is 3.58. The molecule has 9 heteroatoms. The molecule has 1 fully saturated rings. The lowest BCUT2D eigenvalue weighted by Gasteiger charge is -2.35. The van der Waals surface area contributed by atoms with E-state index in [1.165, 1.54) is 0 Å². The molecule has 1 amide bonds. The molecule has 0 radical (unpaired) electrons. The van der Waals surface area contributed by atoms with Gasteiger partial charge in [-0.15, -0.1) is 0 Å². The Bertz CT molecular complexity index is 1160. The Balaban J connectivity index is 1.47. The van der Waals surface area contributed by atoms with Crippen LogP contribution in [0.4, 0.5) is 5.82 Å². The Kier molecular flexibility index (Phi) is 4.19. The van der Waals surface area contributed by atoms with Crippen molar-refractivity contribution in [3.8, 4) is 17.2 Å². The monoisotopic (exact) mass is 388 g/mol. The van der Waals surface area contributed by atoms with E-state index in [0.717, 1.165) is 49.0 Å². The minimum atomic E-state index is 0.124. The maximum absolute atomic E-state index is 11.6. The molecule has 5 heterocycles. The maximum Gasteiger partial charge on any atom is 0.219 e. The van der Waals surface area contributed by atoms with Gasteiger partial charge in [-0.05, 0) is 18.2 Å². The molecule has 9 nitrogen and oxygen atoms in total. The molecule has 1 aliphatic rings. The molecule has 0 bridgehead atoms. The molecule has 0 atom stereocenters. The van der Waals surface area contributed by atoms with E-state index in [-0.39, 0.29) is 5.91 Å². The third-order valence-electron chi connectivity index (χ3n) is 5.17. The van der Waals surface area contributed by atoms with Gasteiger partial charge in [-0.3, -0.25) is 9.20 Å². The van der Waals surface area contributed by atoms with Gasteiger partial charge in [0.2, 0.25) is 5.91 Å². The average molecular weight is 388 g/mol. The molecule has 4 aromatic rings. The van der Waals surface area contributed by atoms with Crippen molar-refractivity contribution in [2.75, 3.05) is 31.1 Å². The Morgan fingerprint density at radius 1 is 1.00 bits per heavy atom. The largest absolute Gasteiger partial charge is 0.353 e. The van der Waals surface area contributed by atoms with E-state index in [2.05, 4.69) is 20.0 Å². The fourth-order valence-electron chi connectivity index (χ4n) is 3.58. The topological polar surface area (TPSA) is 84.5 Å². The first kappa shape index (κ1) is 17.4. The van der Waals surface area contributed by atoms with Crippen molar-refractivity contribution in [1.82, 2.24) is 34.0 Å². The number of fused-ring (bicyclic) bond motifs is 1. The quantitative estimate of drug-likeness (QED) is 0.531. The van der Waals surface area contributed by atoms with Gasteiger partial charge in [0, 0.05) is 45.5 Å². The van der Waals surface area contributed by atoms with Gasteiger partial charge in [0.1, 0.15) is 5.82 Å². The average Bonchev–Trinajstić information content (AvgIpc) is 3.43. The summed E-state index contributed by atoms with van der Waals surface area (Å²) in [5, 5.41) is 4.24. The van der Waals surface area contributed by atoms with Gasteiger partial charge in [-0.2, -0.15) is 5.10 Å². The molecule has 0 saturated carbocycles. The Hall–Kier alpha value is -3.75. The first-order valence-electron chi connectivity index (χ1n) is 9.50. The van der Waals surface area contributed by atoms with Crippen molar-refractivity contribution >= 4 is 17.4 Å². The van der Waals surface area contributed by atoms with E-state index in [1.54, 1.807) is 24.0 Å². The smallest absolute Gasteiger partial charge is 0.219 e. The molecule has 29 heavy (non-hydrogen) atoms. The zero-order chi connectivity index (χ0) is 19.8. The van der Waals surface area contributed by atoms with E-state index >= 15 is 0 Å². The number of anilines is 1. The molecule has 146 valence electrons. The zero-order valence-electron chi connectivity index (χ0n) is 16.0. The highest BCUT2D eigenvalue weighted by atomic mass is 16.2. The molecule has 0 unspecified atom stereocenters. The van der Waals surface area contributed by atoms with Gasteiger partial charge in [0.15, 0.2) is 11.5 Å². The van der Waals surface area contributed by atoms with Crippen molar-refractivity contribution < 1.29 is 4.79 Å². The Morgan fingerprint density at radius 3 is 2.62 bits per heavy atom. The van der Waals surface area contributed by atoms with Gasteiger partial charge in [0.05, 0.1) is 30.0 Å². The number of hydrogen-bond acceptors (Lipinski definition) is 6. The molecule has 0 N–H and O–H groups in total. The molecule has 0 aliphatic carbocycles. The van der Waals surface area contributed by atoms with Crippen LogP contribution in [-0.2, 0) is 4.79 Å². The van der Waals surface area contributed by atoms with Crippen LogP contribution in [0.25, 0.3) is 22.9 Å². The minimum absolute atomic E-state index is 0.124. The van der Waals surface area contributed by atoms with Crippen molar-refractivity contribution in [3.05, 3.63) is 55.2 Å². The number of rotatable bonds is 3. The van der Waals surface area contributed by atoms with Gasteiger partial charge in [0.25, 0.3) is 0 Å². The number of amides is 1. The summed E-state index contributed by atoms with van der Waals surface area (Å²) in [4.78, 5) is 29.4. The second-order valence-corrected chi connectivity index (χ2v) is 6.94. The number of aromatic nitrogens is 6. The standard InChI is InChI=1S/C20H20N8O/c1-15(29)25-8-10-26(11-9-25)18-5-2-4-16(24-18)17-12-21-19-13-22-20(14-27(17)19)28-7-3-6-23-28/h2-7,12-14H,8-11H2,1H3. The number of carbonyl (C=O) groups is 1. The molecular weight excluding hydrogens is 368 g/mol. The number of pyridine rings is 1. The summed E-state index contributed by atoms with van der Waals surface area (Å²) in [6.45, 7) is 4.60. The molecule has 5 rings (SSSR count). The van der Waals surface area contributed by atoms with Crippen molar-refractivity contribution in [3.63, 3.8) is 0 Å². The summed E-state index contributed by atoms with van der Waals surface area (Å²) in [7, 11) is 0. The van der Waals surface area contributed by atoms with E-state index in [1.807, 2.05) is 52.2 Å². The molecular formula is C20H20N8O. The first-order valence-corrected chi connectivity index (χ1v) is 9.50. The van der Waals surface area contributed by atoms with E-state index in [0.29, 0.717) is 5.82 Å². The predicted molar refractivity (Wildman–Crippen MR) is 108 cm³/mol. The number of nitrogens with zero attached hydrogens (tertiary/aromatic N) is 8. The summed E-state index contributed by atoms with van der Waals surface area (Å²) < 4.78 is 3.69. The molecule has 0 aromatic carbocycles.